The van der Waals surface area contributed by atoms with Crippen LogP contribution < -0.4 is 5.32 Å². The molecule has 1 aromatic rings. The first-order valence-corrected chi connectivity index (χ1v) is 4.86. The van der Waals surface area contributed by atoms with E-state index in [1.165, 1.54) is 0 Å². The Morgan fingerprint density at radius 1 is 1.47 bits per heavy atom. The first-order valence-electron chi connectivity index (χ1n) is 4.11. The van der Waals surface area contributed by atoms with Crippen LogP contribution in [0.2, 0.25) is 10.0 Å². The van der Waals surface area contributed by atoms with Crippen LogP contribution in [-0.4, -0.2) is 22.9 Å². The van der Waals surface area contributed by atoms with Gasteiger partial charge in [-0.2, -0.15) is 0 Å². The summed E-state index contributed by atoms with van der Waals surface area (Å²) in [5.41, 5.74) is 0.401. The molecule has 0 saturated carbocycles. The van der Waals surface area contributed by atoms with Crippen LogP contribution in [0.15, 0.2) is 18.2 Å². The van der Waals surface area contributed by atoms with Gasteiger partial charge < -0.3 is 15.5 Å². The highest BCUT2D eigenvalue weighted by atomic mass is 35.5. The van der Waals surface area contributed by atoms with Crippen molar-refractivity contribution in [1.82, 2.24) is 5.32 Å². The lowest BCUT2D eigenvalue weighted by atomic mass is 10.1. The molecular weight excluding hydrogens is 241 g/mol. The van der Waals surface area contributed by atoms with Crippen molar-refractivity contribution in [3.8, 4) is 0 Å². The Labute approximate surface area is 96.4 Å². The van der Waals surface area contributed by atoms with Crippen LogP contribution in [-0.2, 0) is 0 Å². The van der Waals surface area contributed by atoms with Gasteiger partial charge in [0.05, 0.1) is 22.7 Å². The first-order chi connectivity index (χ1) is 7.02. The van der Waals surface area contributed by atoms with Gasteiger partial charge in [-0.05, 0) is 6.07 Å². The number of aliphatic hydroxyl groups is 1. The van der Waals surface area contributed by atoms with E-state index in [0.29, 0.717) is 10.6 Å². The van der Waals surface area contributed by atoms with Gasteiger partial charge in [0.15, 0.2) is 0 Å². The number of aliphatic hydroxyl groups excluding tert-OH is 1. The molecule has 3 N–H and O–H groups in total. The second-order valence-corrected chi connectivity index (χ2v) is 3.63. The van der Waals surface area contributed by atoms with E-state index in [9.17, 15) is 9.90 Å². The molecule has 0 aliphatic carbocycles. The van der Waals surface area contributed by atoms with E-state index in [1.807, 2.05) is 0 Å². The number of carboxylic acid groups (broad SMARTS) is 1. The minimum atomic E-state index is -1.20. The monoisotopic (exact) mass is 249 g/mol. The average molecular weight is 250 g/mol. The normalized spacial score (nSPS) is 12.2. The van der Waals surface area contributed by atoms with Gasteiger partial charge in [-0.1, -0.05) is 35.3 Å². The van der Waals surface area contributed by atoms with Crippen LogP contribution in [0.4, 0.5) is 4.79 Å². The molecule has 4 nitrogen and oxygen atoms in total. The number of benzene rings is 1. The molecule has 0 fully saturated rings. The smallest absolute Gasteiger partial charge is 0.404 e. The van der Waals surface area contributed by atoms with Crippen molar-refractivity contribution in [1.29, 1.82) is 0 Å². The van der Waals surface area contributed by atoms with E-state index >= 15 is 0 Å². The fourth-order valence-corrected chi connectivity index (χ4v) is 1.51. The van der Waals surface area contributed by atoms with Gasteiger partial charge in [-0.25, -0.2) is 4.79 Å². The lowest BCUT2D eigenvalue weighted by molar-refractivity contribution is 0.159. The Morgan fingerprint density at radius 3 is 2.73 bits per heavy atom. The van der Waals surface area contributed by atoms with Crippen molar-refractivity contribution in [2.24, 2.45) is 0 Å². The van der Waals surface area contributed by atoms with Crippen molar-refractivity contribution in [3.05, 3.63) is 33.8 Å². The van der Waals surface area contributed by atoms with E-state index in [0.717, 1.165) is 0 Å². The number of carbonyl (C=O) groups is 1. The Hall–Kier alpha value is -0.970. The fraction of sp³-hybridized carbons (Fsp3) is 0.222. The molecule has 0 spiro atoms. The Morgan fingerprint density at radius 2 is 2.13 bits per heavy atom. The SMILES string of the molecule is O=C(O)NCC(O)c1cccc(Cl)c1Cl. The Balaban J connectivity index is 2.77. The zero-order valence-electron chi connectivity index (χ0n) is 7.58. The molecule has 0 aliphatic heterocycles. The van der Waals surface area contributed by atoms with Crippen LogP contribution in [0.5, 0.6) is 0 Å². The number of amides is 1. The molecule has 6 heteroatoms. The average Bonchev–Trinajstić information content (AvgIpc) is 2.18. The summed E-state index contributed by atoms with van der Waals surface area (Å²) in [6, 6.07) is 4.81. The minimum absolute atomic E-state index is 0.130. The van der Waals surface area contributed by atoms with Crippen LogP contribution >= 0.6 is 23.2 Å². The van der Waals surface area contributed by atoms with Gasteiger partial charge in [0.25, 0.3) is 0 Å². The molecule has 1 amide bonds. The zero-order chi connectivity index (χ0) is 11.4. The molecule has 0 heterocycles. The number of hydrogen-bond acceptors (Lipinski definition) is 2. The number of rotatable bonds is 3. The summed E-state index contributed by atoms with van der Waals surface area (Å²) in [5.74, 6) is 0. The van der Waals surface area contributed by atoms with Gasteiger partial charge >= 0.3 is 6.09 Å². The molecule has 1 unspecified atom stereocenters. The van der Waals surface area contributed by atoms with Crippen molar-refractivity contribution in [2.45, 2.75) is 6.10 Å². The van der Waals surface area contributed by atoms with E-state index < -0.39 is 12.2 Å². The molecule has 0 aromatic heterocycles. The summed E-state index contributed by atoms with van der Waals surface area (Å²) in [4.78, 5) is 10.2. The predicted molar refractivity (Wildman–Crippen MR) is 57.4 cm³/mol. The maximum Gasteiger partial charge on any atom is 0.404 e. The molecule has 1 aromatic carbocycles. The minimum Gasteiger partial charge on any atom is -0.465 e. The second-order valence-electron chi connectivity index (χ2n) is 2.84. The molecule has 1 rings (SSSR count). The highest BCUT2D eigenvalue weighted by Gasteiger charge is 2.13. The zero-order valence-corrected chi connectivity index (χ0v) is 9.09. The lowest BCUT2D eigenvalue weighted by Crippen LogP contribution is -2.26. The molecule has 0 aliphatic rings. The molecule has 1 atom stereocenters. The van der Waals surface area contributed by atoms with Gasteiger partial charge in [-0.3, -0.25) is 0 Å². The van der Waals surface area contributed by atoms with Crippen molar-refractivity contribution < 1.29 is 15.0 Å². The molecule has 0 bridgehead atoms. The van der Waals surface area contributed by atoms with E-state index in [1.54, 1.807) is 18.2 Å². The van der Waals surface area contributed by atoms with Crippen LogP contribution in [0.25, 0.3) is 0 Å². The first kappa shape index (κ1) is 12.1. The molecule has 82 valence electrons. The highest BCUT2D eigenvalue weighted by molar-refractivity contribution is 6.42. The fourth-order valence-electron chi connectivity index (χ4n) is 1.07. The van der Waals surface area contributed by atoms with Gasteiger partial charge in [0, 0.05) is 5.56 Å². The Kier molecular flexibility index (Phi) is 4.20. The van der Waals surface area contributed by atoms with Crippen molar-refractivity contribution in [3.63, 3.8) is 0 Å². The quantitative estimate of drug-likeness (QED) is 0.770. The topological polar surface area (TPSA) is 69.6 Å². The van der Waals surface area contributed by atoms with Gasteiger partial charge in [0.2, 0.25) is 0 Å². The second kappa shape index (κ2) is 5.21. The number of nitrogens with one attached hydrogen (secondary N) is 1. The van der Waals surface area contributed by atoms with Crippen LogP contribution in [0, 0.1) is 0 Å². The molecular formula is C9H9Cl2NO3. The van der Waals surface area contributed by atoms with Crippen LogP contribution in [0.3, 0.4) is 0 Å². The summed E-state index contributed by atoms with van der Waals surface area (Å²) in [5, 5.41) is 20.6. The van der Waals surface area contributed by atoms with E-state index in [-0.39, 0.29) is 11.6 Å². The standard InChI is InChI=1S/C9H9Cl2NO3/c10-6-3-1-2-5(8(6)11)7(13)4-12-9(14)15/h1-3,7,12-13H,4H2,(H,14,15). The van der Waals surface area contributed by atoms with E-state index in [4.69, 9.17) is 28.3 Å². The van der Waals surface area contributed by atoms with Crippen molar-refractivity contribution in [2.75, 3.05) is 6.54 Å². The Bertz CT molecular complexity index is 370. The van der Waals surface area contributed by atoms with Gasteiger partial charge in [-0.15, -0.1) is 0 Å². The predicted octanol–water partition coefficient (Wildman–Crippen LogP) is 2.29. The van der Waals surface area contributed by atoms with Crippen LogP contribution in [0.1, 0.15) is 11.7 Å². The third-order valence-electron chi connectivity index (χ3n) is 1.79. The molecule has 0 radical (unpaired) electrons. The maximum atomic E-state index is 10.2. The lowest BCUT2D eigenvalue weighted by Gasteiger charge is -2.12. The van der Waals surface area contributed by atoms with E-state index in [2.05, 4.69) is 5.32 Å². The highest BCUT2D eigenvalue weighted by Crippen LogP contribution is 2.29. The largest absolute Gasteiger partial charge is 0.465 e. The summed E-state index contributed by atoms with van der Waals surface area (Å²) in [7, 11) is 0. The summed E-state index contributed by atoms with van der Waals surface area (Å²) < 4.78 is 0. The third-order valence-corrected chi connectivity index (χ3v) is 2.62. The molecule has 15 heavy (non-hydrogen) atoms. The maximum absolute atomic E-state index is 10.2. The molecule has 0 saturated heterocycles. The number of hydrogen-bond donors (Lipinski definition) is 3. The summed E-state index contributed by atoms with van der Waals surface area (Å²) in [6.45, 7) is -0.130. The number of halogens is 2. The third kappa shape index (κ3) is 3.27. The van der Waals surface area contributed by atoms with Gasteiger partial charge in [0.1, 0.15) is 0 Å². The summed E-state index contributed by atoms with van der Waals surface area (Å²) in [6.07, 6.45) is -2.21. The summed E-state index contributed by atoms with van der Waals surface area (Å²) >= 11 is 11.6. The van der Waals surface area contributed by atoms with Crippen molar-refractivity contribution >= 4 is 29.3 Å².